The van der Waals surface area contributed by atoms with Crippen LogP contribution in [0.5, 0.6) is 0 Å². The van der Waals surface area contributed by atoms with Crippen LogP contribution in [0.4, 0.5) is 5.69 Å². The van der Waals surface area contributed by atoms with E-state index < -0.39 is 0 Å². The molecule has 2 aromatic rings. The summed E-state index contributed by atoms with van der Waals surface area (Å²) in [6, 6.07) is 10.2. The van der Waals surface area contributed by atoms with Gasteiger partial charge in [-0.2, -0.15) is 0 Å². The fraction of sp³-hybridized carbons (Fsp3) is 0.286. The van der Waals surface area contributed by atoms with Crippen LogP contribution in [0.3, 0.4) is 0 Å². The molecule has 0 unspecified atom stereocenters. The zero-order valence-corrected chi connectivity index (χ0v) is 10.3. The lowest BCUT2D eigenvalue weighted by Crippen LogP contribution is -2.18. The maximum Gasteiger partial charge on any atom is 0.127 e. The first-order valence-corrected chi connectivity index (χ1v) is 5.74. The number of furan rings is 1. The maximum absolute atomic E-state index is 5.66. The number of aryl methyl sites for hydroxylation is 1. The number of nitrogens with zero attached hydrogens (tertiary/aromatic N) is 1. The van der Waals surface area contributed by atoms with Crippen molar-refractivity contribution >= 4 is 5.69 Å². The van der Waals surface area contributed by atoms with Crippen molar-refractivity contribution in [3.63, 3.8) is 0 Å². The monoisotopic (exact) mass is 230 g/mol. The highest BCUT2D eigenvalue weighted by atomic mass is 16.3. The van der Waals surface area contributed by atoms with E-state index in [1.54, 1.807) is 6.26 Å². The summed E-state index contributed by atoms with van der Waals surface area (Å²) in [4.78, 5) is 2.17. The SMILES string of the molecule is Cc1ccccc1N(C)Cc1occc1CN. The van der Waals surface area contributed by atoms with Crippen LogP contribution in [-0.4, -0.2) is 7.05 Å². The van der Waals surface area contributed by atoms with Gasteiger partial charge in [-0.1, -0.05) is 18.2 Å². The minimum Gasteiger partial charge on any atom is -0.467 e. The maximum atomic E-state index is 5.66. The molecule has 90 valence electrons. The number of anilines is 1. The normalized spacial score (nSPS) is 10.5. The van der Waals surface area contributed by atoms with Gasteiger partial charge >= 0.3 is 0 Å². The summed E-state index contributed by atoms with van der Waals surface area (Å²) in [7, 11) is 2.06. The second kappa shape index (κ2) is 5.06. The Morgan fingerprint density at radius 1 is 1.24 bits per heavy atom. The first-order chi connectivity index (χ1) is 8.22. The van der Waals surface area contributed by atoms with E-state index in [1.807, 2.05) is 18.2 Å². The molecule has 1 aromatic heterocycles. The number of hydrogen-bond donors (Lipinski definition) is 1. The van der Waals surface area contributed by atoms with Crippen LogP contribution in [0.15, 0.2) is 41.0 Å². The molecule has 1 heterocycles. The average molecular weight is 230 g/mol. The zero-order valence-electron chi connectivity index (χ0n) is 10.3. The van der Waals surface area contributed by atoms with Crippen LogP contribution in [0.1, 0.15) is 16.9 Å². The van der Waals surface area contributed by atoms with Crippen molar-refractivity contribution in [2.24, 2.45) is 5.73 Å². The molecule has 2 N–H and O–H groups in total. The van der Waals surface area contributed by atoms with Crippen molar-refractivity contribution in [2.75, 3.05) is 11.9 Å². The molecule has 0 aliphatic carbocycles. The molecule has 0 bridgehead atoms. The molecule has 3 nitrogen and oxygen atoms in total. The second-order valence-corrected chi connectivity index (χ2v) is 4.22. The molecule has 3 heteroatoms. The Labute approximate surface area is 102 Å². The van der Waals surface area contributed by atoms with Crippen LogP contribution in [0, 0.1) is 6.92 Å². The van der Waals surface area contributed by atoms with E-state index in [2.05, 4.69) is 31.0 Å². The average Bonchev–Trinajstić information content (AvgIpc) is 2.76. The highest BCUT2D eigenvalue weighted by Gasteiger charge is 2.09. The molecule has 0 aliphatic heterocycles. The standard InChI is InChI=1S/C14H18N2O/c1-11-5-3-4-6-13(11)16(2)10-14-12(9-15)7-8-17-14/h3-8H,9-10,15H2,1-2H3. The van der Waals surface area contributed by atoms with Crippen LogP contribution < -0.4 is 10.6 Å². The number of para-hydroxylation sites is 1. The van der Waals surface area contributed by atoms with E-state index in [0.717, 1.165) is 17.9 Å². The largest absolute Gasteiger partial charge is 0.467 e. The Morgan fingerprint density at radius 2 is 2.00 bits per heavy atom. The number of rotatable bonds is 4. The van der Waals surface area contributed by atoms with Crippen molar-refractivity contribution in [1.29, 1.82) is 0 Å². The van der Waals surface area contributed by atoms with Gasteiger partial charge in [-0.15, -0.1) is 0 Å². The van der Waals surface area contributed by atoms with Gasteiger partial charge in [0.1, 0.15) is 5.76 Å². The zero-order chi connectivity index (χ0) is 12.3. The van der Waals surface area contributed by atoms with E-state index >= 15 is 0 Å². The van der Waals surface area contributed by atoms with E-state index in [1.165, 1.54) is 11.3 Å². The molecule has 0 spiro atoms. The summed E-state index contributed by atoms with van der Waals surface area (Å²) in [6.45, 7) is 3.37. The first kappa shape index (κ1) is 11.7. The summed E-state index contributed by atoms with van der Waals surface area (Å²) >= 11 is 0. The Morgan fingerprint density at radius 3 is 2.71 bits per heavy atom. The molecule has 1 aromatic carbocycles. The minimum atomic E-state index is 0.521. The van der Waals surface area contributed by atoms with Crippen LogP contribution in [-0.2, 0) is 13.1 Å². The lowest BCUT2D eigenvalue weighted by molar-refractivity contribution is 0.502. The van der Waals surface area contributed by atoms with Gasteiger partial charge in [-0.3, -0.25) is 0 Å². The molecule has 0 fully saturated rings. The van der Waals surface area contributed by atoms with Gasteiger partial charge in [0, 0.05) is 24.8 Å². The van der Waals surface area contributed by atoms with Gasteiger partial charge in [0.25, 0.3) is 0 Å². The van der Waals surface area contributed by atoms with E-state index in [9.17, 15) is 0 Å². The summed E-state index contributed by atoms with van der Waals surface area (Å²) < 4.78 is 5.47. The summed E-state index contributed by atoms with van der Waals surface area (Å²) in [5, 5.41) is 0. The quantitative estimate of drug-likeness (QED) is 0.878. The third kappa shape index (κ3) is 2.50. The van der Waals surface area contributed by atoms with Gasteiger partial charge < -0.3 is 15.1 Å². The molecule has 17 heavy (non-hydrogen) atoms. The van der Waals surface area contributed by atoms with Gasteiger partial charge in [-0.05, 0) is 24.6 Å². The Hall–Kier alpha value is -1.74. The summed E-state index contributed by atoms with van der Waals surface area (Å²) in [5.41, 5.74) is 9.21. The predicted octanol–water partition coefficient (Wildman–Crippen LogP) is 2.68. The van der Waals surface area contributed by atoms with Crippen molar-refractivity contribution in [3.05, 3.63) is 53.5 Å². The number of nitrogens with two attached hydrogens (primary N) is 1. The van der Waals surface area contributed by atoms with E-state index in [4.69, 9.17) is 10.2 Å². The minimum absolute atomic E-state index is 0.521. The lowest BCUT2D eigenvalue weighted by Gasteiger charge is -2.20. The van der Waals surface area contributed by atoms with Crippen molar-refractivity contribution in [2.45, 2.75) is 20.0 Å². The fourth-order valence-electron chi connectivity index (χ4n) is 1.98. The third-order valence-electron chi connectivity index (χ3n) is 2.97. The fourth-order valence-corrected chi connectivity index (χ4v) is 1.98. The molecule has 0 saturated carbocycles. The highest BCUT2D eigenvalue weighted by Crippen LogP contribution is 2.21. The molecule has 2 rings (SSSR count). The van der Waals surface area contributed by atoms with Crippen LogP contribution in [0.2, 0.25) is 0 Å². The first-order valence-electron chi connectivity index (χ1n) is 5.74. The second-order valence-electron chi connectivity index (χ2n) is 4.22. The van der Waals surface area contributed by atoms with Gasteiger partial charge in [-0.25, -0.2) is 0 Å². The molecule has 0 radical (unpaired) electrons. The van der Waals surface area contributed by atoms with E-state index in [-0.39, 0.29) is 0 Å². The Balaban J connectivity index is 2.17. The molecular weight excluding hydrogens is 212 g/mol. The Bertz CT molecular complexity index is 490. The number of hydrogen-bond acceptors (Lipinski definition) is 3. The molecule has 0 saturated heterocycles. The molecule has 0 amide bonds. The van der Waals surface area contributed by atoms with Crippen LogP contribution in [0.25, 0.3) is 0 Å². The lowest BCUT2D eigenvalue weighted by atomic mass is 10.1. The molecule has 0 atom stereocenters. The summed E-state index contributed by atoms with van der Waals surface area (Å²) in [6.07, 6.45) is 1.70. The summed E-state index contributed by atoms with van der Waals surface area (Å²) in [5.74, 6) is 0.943. The van der Waals surface area contributed by atoms with Gasteiger partial charge in [0.05, 0.1) is 12.8 Å². The van der Waals surface area contributed by atoms with Gasteiger partial charge in [0.2, 0.25) is 0 Å². The molecule has 0 aliphatic rings. The smallest absolute Gasteiger partial charge is 0.127 e. The van der Waals surface area contributed by atoms with E-state index in [0.29, 0.717) is 6.54 Å². The third-order valence-corrected chi connectivity index (χ3v) is 2.97. The topological polar surface area (TPSA) is 42.4 Å². The predicted molar refractivity (Wildman–Crippen MR) is 69.9 cm³/mol. The highest BCUT2D eigenvalue weighted by molar-refractivity contribution is 5.52. The van der Waals surface area contributed by atoms with Crippen molar-refractivity contribution in [3.8, 4) is 0 Å². The van der Waals surface area contributed by atoms with Crippen molar-refractivity contribution in [1.82, 2.24) is 0 Å². The number of benzene rings is 1. The Kier molecular flexibility index (Phi) is 3.49. The van der Waals surface area contributed by atoms with Crippen LogP contribution >= 0.6 is 0 Å². The van der Waals surface area contributed by atoms with Gasteiger partial charge in [0.15, 0.2) is 0 Å². The van der Waals surface area contributed by atoms with Crippen molar-refractivity contribution < 1.29 is 4.42 Å². The molecular formula is C14H18N2O.